The van der Waals surface area contributed by atoms with E-state index in [4.69, 9.17) is 19.9 Å². The molecule has 3 rings (SSSR count). The Bertz CT molecular complexity index is 1110. The van der Waals surface area contributed by atoms with E-state index in [2.05, 4.69) is 25.9 Å². The number of primary amides is 1. The summed E-state index contributed by atoms with van der Waals surface area (Å²) in [5.41, 5.74) is 5.22. The van der Waals surface area contributed by atoms with Crippen molar-refractivity contribution in [1.82, 2.24) is 15.3 Å². The summed E-state index contributed by atoms with van der Waals surface area (Å²) in [6, 6.07) is 3.57. The van der Waals surface area contributed by atoms with Gasteiger partial charge in [-0.1, -0.05) is 0 Å². The lowest BCUT2D eigenvalue weighted by Crippen LogP contribution is -2.48. The van der Waals surface area contributed by atoms with E-state index in [1.54, 1.807) is 40.0 Å². The van der Waals surface area contributed by atoms with Gasteiger partial charge in [0.05, 0.1) is 18.2 Å². The fraction of sp³-hybridized carbons (Fsp3) is 0.520. The highest BCUT2D eigenvalue weighted by molar-refractivity contribution is 5.98. The molecule has 0 unspecified atom stereocenters. The van der Waals surface area contributed by atoms with Crippen LogP contribution in [0.5, 0.6) is 5.88 Å². The molecule has 2 aromatic heterocycles. The van der Waals surface area contributed by atoms with Crippen molar-refractivity contribution >= 4 is 29.3 Å². The fourth-order valence-electron chi connectivity index (χ4n) is 3.66. The molecule has 11 nitrogen and oxygen atoms in total. The molecule has 0 bridgehead atoms. The molecule has 1 saturated carbocycles. The summed E-state index contributed by atoms with van der Waals surface area (Å²) in [6.45, 7) is 7.87. The van der Waals surface area contributed by atoms with Gasteiger partial charge in [-0.05, 0) is 58.6 Å². The van der Waals surface area contributed by atoms with Gasteiger partial charge in [-0.3, -0.25) is 4.79 Å². The van der Waals surface area contributed by atoms with Crippen LogP contribution < -0.4 is 26.4 Å². The quantitative estimate of drug-likeness (QED) is 0.309. The summed E-state index contributed by atoms with van der Waals surface area (Å²) in [7, 11) is 1.56. The number of aromatic nitrogens is 2. The number of amides is 2. The van der Waals surface area contributed by atoms with Gasteiger partial charge in [0.25, 0.3) is 5.91 Å². The molecule has 2 aromatic rings. The topological polar surface area (TPSA) is 150 Å². The third-order valence-electron chi connectivity index (χ3n) is 5.49. The largest absolute Gasteiger partial charge is 0.475 e. The maximum atomic E-state index is 15.0. The molecule has 202 valence electrons. The molecule has 1 fully saturated rings. The van der Waals surface area contributed by atoms with Crippen molar-refractivity contribution in [2.24, 2.45) is 11.7 Å². The Morgan fingerprint density at radius 3 is 2.57 bits per heavy atom. The number of pyridine rings is 2. The van der Waals surface area contributed by atoms with E-state index in [0.717, 1.165) is 18.9 Å². The Labute approximate surface area is 215 Å². The molecule has 0 radical (unpaired) electrons. The van der Waals surface area contributed by atoms with Gasteiger partial charge < -0.3 is 35.9 Å². The van der Waals surface area contributed by atoms with Crippen LogP contribution in [0.4, 0.5) is 26.5 Å². The molecule has 2 heterocycles. The second kappa shape index (κ2) is 12.0. The molecule has 5 N–H and O–H groups in total. The number of nitrogens with zero attached hydrogens (tertiary/aromatic N) is 2. The maximum absolute atomic E-state index is 15.0. The first kappa shape index (κ1) is 27.9. The molecule has 0 spiro atoms. The van der Waals surface area contributed by atoms with Crippen molar-refractivity contribution in [2.45, 2.75) is 58.2 Å². The number of hydrogen-bond donors (Lipinski definition) is 4. The van der Waals surface area contributed by atoms with Crippen LogP contribution in [0.15, 0.2) is 24.4 Å². The number of carbonyl (C=O) groups is 2. The van der Waals surface area contributed by atoms with Gasteiger partial charge in [0.15, 0.2) is 11.6 Å². The number of alkyl carbamates (subject to hydrolysis) is 1. The molecule has 0 aliphatic heterocycles. The molecule has 0 saturated heterocycles. The fourth-order valence-corrected chi connectivity index (χ4v) is 3.66. The summed E-state index contributed by atoms with van der Waals surface area (Å²) < 4.78 is 30.8. The van der Waals surface area contributed by atoms with E-state index in [1.807, 2.05) is 6.92 Å². The van der Waals surface area contributed by atoms with Crippen molar-refractivity contribution in [3.8, 4) is 5.88 Å². The standard InChI is InChI=1S/C25H35FN6O5/c1-14(20(15-6-7-15)31-24(34)37-25(2,3)4)29-23-18(26)13-17(21(27)33)22(32-23)30-16-8-9-28-19(12-16)36-11-10-35-5/h8-9,12-15,20H,6-7,10-11H2,1-5H3,(H2,27,33)(H,31,34)(H2,28,29,30,32)/t14-,20-/m1/s1. The summed E-state index contributed by atoms with van der Waals surface area (Å²) in [6.07, 6.45) is 2.85. The first-order valence-electron chi connectivity index (χ1n) is 12.1. The average Bonchev–Trinajstić information content (AvgIpc) is 3.64. The molecule has 37 heavy (non-hydrogen) atoms. The normalized spacial score (nSPS) is 14.9. The van der Waals surface area contributed by atoms with Crippen molar-refractivity contribution < 1.29 is 28.2 Å². The smallest absolute Gasteiger partial charge is 0.407 e. The van der Waals surface area contributed by atoms with Gasteiger partial charge in [-0.15, -0.1) is 0 Å². The second-order valence-corrected chi connectivity index (χ2v) is 9.87. The van der Waals surface area contributed by atoms with Gasteiger partial charge in [0.2, 0.25) is 5.88 Å². The summed E-state index contributed by atoms with van der Waals surface area (Å²) in [5, 5.41) is 8.92. The van der Waals surface area contributed by atoms with Crippen LogP contribution in [0.2, 0.25) is 0 Å². The van der Waals surface area contributed by atoms with E-state index in [-0.39, 0.29) is 29.2 Å². The lowest BCUT2D eigenvalue weighted by Gasteiger charge is -2.28. The van der Waals surface area contributed by atoms with Gasteiger partial charge in [-0.25, -0.2) is 19.2 Å². The first-order valence-corrected chi connectivity index (χ1v) is 12.1. The highest BCUT2D eigenvalue weighted by atomic mass is 19.1. The third-order valence-corrected chi connectivity index (χ3v) is 5.49. The number of ether oxygens (including phenoxy) is 3. The Morgan fingerprint density at radius 1 is 1.22 bits per heavy atom. The summed E-state index contributed by atoms with van der Waals surface area (Å²) >= 11 is 0. The number of carbonyl (C=O) groups excluding carboxylic acids is 2. The van der Waals surface area contributed by atoms with E-state index in [1.165, 1.54) is 6.20 Å². The van der Waals surface area contributed by atoms with E-state index < -0.39 is 29.5 Å². The van der Waals surface area contributed by atoms with Crippen molar-refractivity contribution in [1.29, 1.82) is 0 Å². The number of anilines is 3. The van der Waals surface area contributed by atoms with Crippen molar-refractivity contribution in [2.75, 3.05) is 31.0 Å². The molecule has 2 amide bonds. The predicted molar refractivity (Wildman–Crippen MR) is 137 cm³/mol. The van der Waals surface area contributed by atoms with Crippen LogP contribution in [0.1, 0.15) is 50.9 Å². The van der Waals surface area contributed by atoms with Gasteiger partial charge in [0, 0.05) is 31.1 Å². The lowest BCUT2D eigenvalue weighted by atomic mass is 10.1. The molecule has 0 aromatic carbocycles. The van der Waals surface area contributed by atoms with E-state index >= 15 is 0 Å². The summed E-state index contributed by atoms with van der Waals surface area (Å²) in [5.74, 6) is -1.08. The Balaban J connectivity index is 1.80. The number of hydrogen-bond acceptors (Lipinski definition) is 9. The second-order valence-electron chi connectivity index (χ2n) is 9.87. The zero-order valence-corrected chi connectivity index (χ0v) is 21.8. The lowest BCUT2D eigenvalue weighted by molar-refractivity contribution is 0.0492. The molecule has 2 atom stereocenters. The number of halogens is 1. The zero-order valence-electron chi connectivity index (χ0n) is 21.8. The van der Waals surface area contributed by atoms with Gasteiger partial charge in [-0.2, -0.15) is 0 Å². The molecular formula is C25H35FN6O5. The highest BCUT2D eigenvalue weighted by Gasteiger charge is 2.37. The summed E-state index contributed by atoms with van der Waals surface area (Å²) in [4.78, 5) is 32.8. The van der Waals surface area contributed by atoms with E-state index in [0.29, 0.717) is 24.8 Å². The van der Waals surface area contributed by atoms with Crippen molar-refractivity contribution in [3.05, 3.63) is 35.8 Å². The number of nitrogens with one attached hydrogen (secondary N) is 3. The number of methoxy groups -OCH3 is 1. The molecular weight excluding hydrogens is 483 g/mol. The van der Waals surface area contributed by atoms with Crippen LogP contribution >= 0.6 is 0 Å². The van der Waals surface area contributed by atoms with Crippen LogP contribution in [0.25, 0.3) is 0 Å². The minimum atomic E-state index is -0.846. The minimum Gasteiger partial charge on any atom is -0.475 e. The van der Waals surface area contributed by atoms with Crippen LogP contribution in [-0.4, -0.2) is 60.0 Å². The number of rotatable bonds is 12. The number of nitrogens with two attached hydrogens (primary N) is 1. The Kier molecular flexibility index (Phi) is 9.09. The van der Waals surface area contributed by atoms with Crippen LogP contribution in [0.3, 0.4) is 0 Å². The van der Waals surface area contributed by atoms with Crippen LogP contribution in [0, 0.1) is 11.7 Å². The Hall–Kier alpha value is -3.67. The zero-order chi connectivity index (χ0) is 27.2. The van der Waals surface area contributed by atoms with Gasteiger partial charge >= 0.3 is 6.09 Å². The molecule has 1 aliphatic rings. The third kappa shape index (κ3) is 8.45. The molecule has 1 aliphatic carbocycles. The average molecular weight is 519 g/mol. The monoisotopic (exact) mass is 518 g/mol. The SMILES string of the molecule is COCCOc1cc(Nc2nc(N[C@H](C)[C@@H](NC(=O)OC(C)(C)C)C3CC3)c(F)cc2C(N)=O)ccn1. The highest BCUT2D eigenvalue weighted by Crippen LogP contribution is 2.35. The maximum Gasteiger partial charge on any atom is 0.407 e. The predicted octanol–water partition coefficient (Wildman–Crippen LogP) is 3.59. The first-order chi connectivity index (χ1) is 17.5. The van der Waals surface area contributed by atoms with Gasteiger partial charge in [0.1, 0.15) is 18.0 Å². The van der Waals surface area contributed by atoms with Crippen molar-refractivity contribution in [3.63, 3.8) is 0 Å². The Morgan fingerprint density at radius 2 is 1.95 bits per heavy atom. The van der Waals surface area contributed by atoms with E-state index in [9.17, 15) is 14.0 Å². The van der Waals surface area contributed by atoms with Crippen LogP contribution in [-0.2, 0) is 9.47 Å². The molecule has 12 heteroatoms. The minimum absolute atomic E-state index is 0.0562.